The third kappa shape index (κ3) is 5.96. The van der Waals surface area contributed by atoms with Gasteiger partial charge in [-0.05, 0) is 43.9 Å². The fourth-order valence-electron chi connectivity index (χ4n) is 3.14. The molecule has 1 aliphatic heterocycles. The lowest BCUT2D eigenvalue weighted by atomic mass is 10.00. The highest BCUT2D eigenvalue weighted by Crippen LogP contribution is 2.18. The molecule has 1 heterocycles. The molecule has 0 saturated carbocycles. The Kier molecular flexibility index (Phi) is 7.56. The predicted molar refractivity (Wildman–Crippen MR) is 93.1 cm³/mol. The standard InChI is InChI=1S/C19H30N2O2/c1-3-18-7-5-6-12-21(18)14-19(22)20-13-16-8-10-17(11-9-16)15-23-4-2/h8-11,18H,3-7,12-15H2,1-2H3,(H,20,22). The molecule has 23 heavy (non-hydrogen) atoms. The summed E-state index contributed by atoms with van der Waals surface area (Å²) in [6.07, 6.45) is 4.87. The minimum Gasteiger partial charge on any atom is -0.377 e. The van der Waals surface area contributed by atoms with Crippen molar-refractivity contribution in [1.29, 1.82) is 0 Å². The first kappa shape index (κ1) is 18.0. The normalized spacial score (nSPS) is 18.8. The van der Waals surface area contributed by atoms with Gasteiger partial charge in [-0.3, -0.25) is 9.69 Å². The summed E-state index contributed by atoms with van der Waals surface area (Å²) >= 11 is 0. The molecule has 1 atom stereocenters. The fraction of sp³-hybridized carbons (Fsp3) is 0.632. The Balaban J connectivity index is 1.75. The Labute approximate surface area is 140 Å². The molecule has 0 aliphatic carbocycles. The molecule has 0 spiro atoms. The van der Waals surface area contributed by atoms with Crippen LogP contribution in [0.2, 0.25) is 0 Å². The van der Waals surface area contributed by atoms with Crippen molar-refractivity contribution in [3.63, 3.8) is 0 Å². The molecule has 1 fully saturated rings. The minimum atomic E-state index is 0.128. The molecule has 0 bridgehead atoms. The zero-order valence-corrected chi connectivity index (χ0v) is 14.5. The third-order valence-electron chi connectivity index (χ3n) is 4.55. The second-order valence-corrected chi connectivity index (χ2v) is 6.26. The van der Waals surface area contributed by atoms with Crippen molar-refractivity contribution < 1.29 is 9.53 Å². The summed E-state index contributed by atoms with van der Waals surface area (Å²) in [5.74, 6) is 0.128. The average Bonchev–Trinajstić information content (AvgIpc) is 2.59. The van der Waals surface area contributed by atoms with Crippen molar-refractivity contribution in [1.82, 2.24) is 10.2 Å². The first-order valence-corrected chi connectivity index (χ1v) is 8.89. The van der Waals surface area contributed by atoms with Gasteiger partial charge >= 0.3 is 0 Å². The van der Waals surface area contributed by atoms with Crippen molar-refractivity contribution in [3.05, 3.63) is 35.4 Å². The topological polar surface area (TPSA) is 41.6 Å². The van der Waals surface area contributed by atoms with Crippen molar-refractivity contribution in [2.75, 3.05) is 19.7 Å². The second-order valence-electron chi connectivity index (χ2n) is 6.26. The van der Waals surface area contributed by atoms with Crippen LogP contribution in [0.25, 0.3) is 0 Å². The van der Waals surface area contributed by atoms with Gasteiger partial charge in [0.15, 0.2) is 0 Å². The molecular weight excluding hydrogens is 288 g/mol. The molecule has 2 rings (SSSR count). The number of carbonyl (C=O) groups excluding carboxylic acids is 1. The van der Waals surface area contributed by atoms with Gasteiger partial charge in [0.1, 0.15) is 0 Å². The van der Waals surface area contributed by atoms with E-state index in [4.69, 9.17) is 4.74 Å². The van der Waals surface area contributed by atoms with Gasteiger partial charge in [-0.15, -0.1) is 0 Å². The van der Waals surface area contributed by atoms with Crippen molar-refractivity contribution in [2.45, 2.75) is 58.7 Å². The van der Waals surface area contributed by atoms with Crippen LogP contribution < -0.4 is 5.32 Å². The maximum atomic E-state index is 12.2. The zero-order valence-electron chi connectivity index (χ0n) is 14.5. The summed E-state index contributed by atoms with van der Waals surface area (Å²) < 4.78 is 5.39. The van der Waals surface area contributed by atoms with Gasteiger partial charge in [0.05, 0.1) is 13.2 Å². The number of nitrogens with one attached hydrogen (secondary N) is 1. The van der Waals surface area contributed by atoms with E-state index in [1.54, 1.807) is 0 Å². The number of likely N-dealkylation sites (tertiary alicyclic amines) is 1. The second kappa shape index (κ2) is 9.68. The van der Waals surface area contributed by atoms with Gasteiger partial charge in [0, 0.05) is 19.2 Å². The van der Waals surface area contributed by atoms with Gasteiger partial charge in [0.25, 0.3) is 0 Å². The van der Waals surface area contributed by atoms with E-state index in [2.05, 4.69) is 41.4 Å². The number of benzene rings is 1. The summed E-state index contributed by atoms with van der Waals surface area (Å²) in [5.41, 5.74) is 2.30. The number of hydrogen-bond acceptors (Lipinski definition) is 3. The maximum absolute atomic E-state index is 12.2. The molecule has 0 aromatic heterocycles. The lowest BCUT2D eigenvalue weighted by Crippen LogP contribution is -2.45. The van der Waals surface area contributed by atoms with Crippen LogP contribution in [-0.2, 0) is 22.7 Å². The van der Waals surface area contributed by atoms with Crippen LogP contribution in [0.4, 0.5) is 0 Å². The van der Waals surface area contributed by atoms with Crippen molar-refractivity contribution >= 4 is 5.91 Å². The summed E-state index contributed by atoms with van der Waals surface area (Å²) in [6, 6.07) is 8.82. The highest BCUT2D eigenvalue weighted by molar-refractivity contribution is 5.78. The molecule has 128 valence electrons. The van der Waals surface area contributed by atoms with Gasteiger partial charge in [-0.2, -0.15) is 0 Å². The number of carbonyl (C=O) groups is 1. The van der Waals surface area contributed by atoms with E-state index in [1.807, 2.05) is 6.92 Å². The summed E-state index contributed by atoms with van der Waals surface area (Å²) in [5, 5.41) is 3.04. The third-order valence-corrected chi connectivity index (χ3v) is 4.55. The molecule has 1 unspecified atom stereocenters. The smallest absolute Gasteiger partial charge is 0.234 e. The van der Waals surface area contributed by atoms with Gasteiger partial charge in [-0.25, -0.2) is 0 Å². The largest absolute Gasteiger partial charge is 0.377 e. The Hall–Kier alpha value is -1.39. The van der Waals surface area contributed by atoms with Crippen LogP contribution in [0.15, 0.2) is 24.3 Å². The number of rotatable bonds is 8. The Morgan fingerprint density at radius 3 is 2.65 bits per heavy atom. The number of ether oxygens (including phenoxy) is 1. The van der Waals surface area contributed by atoms with Gasteiger partial charge in [-0.1, -0.05) is 37.6 Å². The quantitative estimate of drug-likeness (QED) is 0.801. The van der Waals surface area contributed by atoms with Crippen LogP contribution >= 0.6 is 0 Å². The van der Waals surface area contributed by atoms with Gasteiger partial charge in [0.2, 0.25) is 5.91 Å². The molecular formula is C19H30N2O2. The lowest BCUT2D eigenvalue weighted by Gasteiger charge is -2.34. The lowest BCUT2D eigenvalue weighted by molar-refractivity contribution is -0.123. The molecule has 1 amide bonds. The highest BCUT2D eigenvalue weighted by atomic mass is 16.5. The summed E-state index contributed by atoms with van der Waals surface area (Å²) in [4.78, 5) is 14.5. The summed E-state index contributed by atoms with van der Waals surface area (Å²) in [6.45, 7) is 7.76. The predicted octanol–water partition coefficient (Wildman–Crippen LogP) is 3.10. The van der Waals surface area contributed by atoms with Crippen molar-refractivity contribution in [3.8, 4) is 0 Å². The minimum absolute atomic E-state index is 0.128. The molecule has 0 radical (unpaired) electrons. The molecule has 1 N–H and O–H groups in total. The molecule has 4 nitrogen and oxygen atoms in total. The first-order valence-electron chi connectivity index (χ1n) is 8.89. The Bertz CT molecular complexity index is 473. The average molecular weight is 318 g/mol. The SMILES string of the molecule is CCOCc1ccc(CNC(=O)CN2CCCCC2CC)cc1. The molecule has 1 aromatic carbocycles. The maximum Gasteiger partial charge on any atom is 0.234 e. The highest BCUT2D eigenvalue weighted by Gasteiger charge is 2.22. The van der Waals surface area contributed by atoms with E-state index in [1.165, 1.54) is 24.8 Å². The van der Waals surface area contributed by atoms with Crippen LogP contribution in [0, 0.1) is 0 Å². The number of piperidine rings is 1. The number of hydrogen-bond donors (Lipinski definition) is 1. The number of amides is 1. The molecule has 4 heteroatoms. The Morgan fingerprint density at radius 1 is 1.22 bits per heavy atom. The van der Waals surface area contributed by atoms with E-state index in [-0.39, 0.29) is 5.91 Å². The molecule has 1 aliphatic rings. The van der Waals surface area contributed by atoms with Crippen LogP contribution in [0.3, 0.4) is 0 Å². The number of nitrogens with zero attached hydrogens (tertiary/aromatic N) is 1. The molecule has 1 aromatic rings. The van der Waals surface area contributed by atoms with Gasteiger partial charge < -0.3 is 10.1 Å². The van der Waals surface area contributed by atoms with Crippen molar-refractivity contribution in [2.24, 2.45) is 0 Å². The van der Waals surface area contributed by atoms with E-state index in [0.29, 0.717) is 25.7 Å². The fourth-order valence-corrected chi connectivity index (χ4v) is 3.14. The van der Waals surface area contributed by atoms with Crippen LogP contribution in [0.1, 0.15) is 50.7 Å². The molecule has 1 saturated heterocycles. The van der Waals surface area contributed by atoms with E-state index in [0.717, 1.165) is 25.1 Å². The van der Waals surface area contributed by atoms with E-state index < -0.39 is 0 Å². The zero-order chi connectivity index (χ0) is 16.5. The Morgan fingerprint density at radius 2 is 1.96 bits per heavy atom. The monoisotopic (exact) mass is 318 g/mol. The first-order chi connectivity index (χ1) is 11.2. The summed E-state index contributed by atoms with van der Waals surface area (Å²) in [7, 11) is 0. The van der Waals surface area contributed by atoms with Crippen LogP contribution in [0.5, 0.6) is 0 Å². The van der Waals surface area contributed by atoms with Crippen LogP contribution in [-0.4, -0.2) is 36.5 Å². The van der Waals surface area contributed by atoms with E-state index in [9.17, 15) is 4.79 Å². The van der Waals surface area contributed by atoms with E-state index >= 15 is 0 Å².